The number of hydrogen-bond acceptors (Lipinski definition) is 4. The summed E-state index contributed by atoms with van der Waals surface area (Å²) in [7, 11) is 0. The van der Waals surface area contributed by atoms with Gasteiger partial charge in [0.25, 0.3) is 0 Å². The molecule has 0 fully saturated rings. The molecule has 0 aromatic rings. The fourth-order valence-electron chi connectivity index (χ4n) is 1.12. The molecule has 0 bridgehead atoms. The topological polar surface area (TPSA) is 36.1 Å². The average Bonchev–Trinajstić information content (AvgIpc) is 2.16. The summed E-state index contributed by atoms with van der Waals surface area (Å²) in [4.78, 5) is 0. The third-order valence-electron chi connectivity index (χ3n) is 1.83. The zero-order valence-electron chi connectivity index (χ0n) is 8.77. The van der Waals surface area contributed by atoms with Crippen LogP contribution < -0.4 is 16.0 Å². The summed E-state index contributed by atoms with van der Waals surface area (Å²) in [6, 6.07) is 0.495. The molecule has 0 aliphatic rings. The maximum atomic E-state index is 4.27. The quantitative estimate of drug-likeness (QED) is 0.318. The summed E-state index contributed by atoms with van der Waals surface area (Å²) in [6.07, 6.45) is 0. The number of nitrogens with one attached hydrogen (secondary N) is 3. The monoisotopic (exact) mass is 205 g/mol. The molecule has 0 rings (SSSR count). The number of likely N-dealkylation sites (N-methyl/N-ethyl adjacent to an activating group) is 2. The molecule has 0 amide bonds. The molecular weight excluding hydrogens is 182 g/mol. The predicted molar refractivity (Wildman–Crippen MR) is 62.7 cm³/mol. The summed E-state index contributed by atoms with van der Waals surface area (Å²) >= 11 is 4.27. The second-order valence-electron chi connectivity index (χ2n) is 2.99. The van der Waals surface area contributed by atoms with E-state index in [0.717, 1.165) is 38.5 Å². The molecule has 80 valence electrons. The van der Waals surface area contributed by atoms with Gasteiger partial charge in [-0.25, -0.2) is 0 Å². The minimum atomic E-state index is 0.495. The molecule has 0 saturated heterocycles. The minimum Gasteiger partial charge on any atom is -0.316 e. The van der Waals surface area contributed by atoms with Gasteiger partial charge >= 0.3 is 0 Å². The molecule has 0 aromatic carbocycles. The molecule has 13 heavy (non-hydrogen) atoms. The average molecular weight is 205 g/mol. The van der Waals surface area contributed by atoms with Crippen LogP contribution in [0.25, 0.3) is 0 Å². The Bertz CT molecular complexity index is 101. The first-order valence-corrected chi connectivity index (χ1v) is 5.74. The molecule has 3 N–H and O–H groups in total. The molecule has 0 aromatic heterocycles. The molecule has 0 aliphatic carbocycles. The van der Waals surface area contributed by atoms with Crippen molar-refractivity contribution in [2.24, 2.45) is 0 Å². The highest BCUT2D eigenvalue weighted by molar-refractivity contribution is 7.80. The van der Waals surface area contributed by atoms with Crippen molar-refractivity contribution in [1.29, 1.82) is 0 Å². The summed E-state index contributed by atoms with van der Waals surface area (Å²) in [5.74, 6) is 0.891. The van der Waals surface area contributed by atoms with E-state index in [-0.39, 0.29) is 0 Å². The molecule has 0 radical (unpaired) electrons. The lowest BCUT2D eigenvalue weighted by Crippen LogP contribution is -2.41. The Kier molecular flexibility index (Phi) is 10.5. The van der Waals surface area contributed by atoms with Gasteiger partial charge in [-0.15, -0.1) is 0 Å². The van der Waals surface area contributed by atoms with E-state index in [1.807, 2.05) is 0 Å². The van der Waals surface area contributed by atoms with Gasteiger partial charge in [0.2, 0.25) is 0 Å². The normalized spacial score (nSPS) is 13.2. The molecule has 0 saturated carbocycles. The Morgan fingerprint density at radius 1 is 1.08 bits per heavy atom. The van der Waals surface area contributed by atoms with Gasteiger partial charge in [0, 0.05) is 31.4 Å². The zero-order valence-corrected chi connectivity index (χ0v) is 9.66. The Balaban J connectivity index is 3.17. The van der Waals surface area contributed by atoms with Crippen molar-refractivity contribution in [2.75, 3.05) is 38.5 Å². The second kappa shape index (κ2) is 10.3. The molecule has 1 unspecified atom stereocenters. The lowest BCUT2D eigenvalue weighted by atomic mass is 10.3. The summed E-state index contributed by atoms with van der Waals surface area (Å²) in [5, 5.41) is 10.0. The zero-order chi connectivity index (χ0) is 9.94. The molecule has 0 heterocycles. The van der Waals surface area contributed by atoms with Crippen molar-refractivity contribution in [3.63, 3.8) is 0 Å². The highest BCUT2D eigenvalue weighted by Crippen LogP contribution is 1.84. The standard InChI is InChI=1S/C9H23N3S/c1-3-10-5-6-11-7-9(8-13)12-4-2/h9-13H,3-8H2,1-2H3. The maximum Gasteiger partial charge on any atom is 0.0280 e. The van der Waals surface area contributed by atoms with Crippen LogP contribution in [0.3, 0.4) is 0 Å². The van der Waals surface area contributed by atoms with Gasteiger partial charge in [0.05, 0.1) is 0 Å². The third kappa shape index (κ3) is 8.56. The highest BCUT2D eigenvalue weighted by Gasteiger charge is 2.02. The Morgan fingerprint density at radius 3 is 2.31 bits per heavy atom. The van der Waals surface area contributed by atoms with E-state index < -0.39 is 0 Å². The largest absolute Gasteiger partial charge is 0.316 e. The fourth-order valence-corrected chi connectivity index (χ4v) is 1.38. The van der Waals surface area contributed by atoms with E-state index in [1.54, 1.807) is 0 Å². The van der Waals surface area contributed by atoms with E-state index in [9.17, 15) is 0 Å². The van der Waals surface area contributed by atoms with E-state index in [2.05, 4.69) is 42.4 Å². The van der Waals surface area contributed by atoms with Crippen LogP contribution >= 0.6 is 12.6 Å². The molecular formula is C9H23N3S. The van der Waals surface area contributed by atoms with Crippen molar-refractivity contribution in [3.05, 3.63) is 0 Å². The van der Waals surface area contributed by atoms with E-state index in [1.165, 1.54) is 0 Å². The summed E-state index contributed by atoms with van der Waals surface area (Å²) in [6.45, 7) is 9.38. The molecule has 1 atom stereocenters. The minimum absolute atomic E-state index is 0.495. The van der Waals surface area contributed by atoms with Crippen LogP contribution in [0.4, 0.5) is 0 Å². The van der Waals surface area contributed by atoms with Crippen LogP contribution in [0, 0.1) is 0 Å². The van der Waals surface area contributed by atoms with E-state index in [0.29, 0.717) is 6.04 Å². The summed E-state index contributed by atoms with van der Waals surface area (Å²) < 4.78 is 0. The Labute approximate surface area is 87.5 Å². The molecule has 4 heteroatoms. The van der Waals surface area contributed by atoms with Gasteiger partial charge < -0.3 is 16.0 Å². The number of rotatable bonds is 9. The van der Waals surface area contributed by atoms with Gasteiger partial charge in [-0.1, -0.05) is 13.8 Å². The highest BCUT2D eigenvalue weighted by atomic mass is 32.1. The lowest BCUT2D eigenvalue weighted by molar-refractivity contribution is 0.515. The fraction of sp³-hybridized carbons (Fsp3) is 1.00. The smallest absolute Gasteiger partial charge is 0.0280 e. The van der Waals surface area contributed by atoms with Gasteiger partial charge in [-0.3, -0.25) is 0 Å². The maximum absolute atomic E-state index is 4.27. The van der Waals surface area contributed by atoms with Gasteiger partial charge in [0.1, 0.15) is 0 Å². The number of hydrogen-bond donors (Lipinski definition) is 4. The second-order valence-corrected chi connectivity index (χ2v) is 3.36. The van der Waals surface area contributed by atoms with Crippen molar-refractivity contribution in [1.82, 2.24) is 16.0 Å². The first-order valence-electron chi connectivity index (χ1n) is 5.10. The Morgan fingerprint density at radius 2 is 1.77 bits per heavy atom. The van der Waals surface area contributed by atoms with Crippen molar-refractivity contribution < 1.29 is 0 Å². The van der Waals surface area contributed by atoms with Crippen LogP contribution in [-0.2, 0) is 0 Å². The Hall–Kier alpha value is 0.230. The summed E-state index contributed by atoms with van der Waals surface area (Å²) in [5.41, 5.74) is 0. The van der Waals surface area contributed by atoms with Gasteiger partial charge in [-0.05, 0) is 13.1 Å². The van der Waals surface area contributed by atoms with Crippen LogP contribution in [0.5, 0.6) is 0 Å². The van der Waals surface area contributed by atoms with Crippen molar-refractivity contribution >= 4 is 12.6 Å². The lowest BCUT2D eigenvalue weighted by Gasteiger charge is -2.15. The van der Waals surface area contributed by atoms with Crippen LogP contribution in [0.1, 0.15) is 13.8 Å². The van der Waals surface area contributed by atoms with E-state index in [4.69, 9.17) is 0 Å². The number of thiol groups is 1. The van der Waals surface area contributed by atoms with Crippen LogP contribution in [0.15, 0.2) is 0 Å². The first-order chi connectivity index (χ1) is 6.35. The van der Waals surface area contributed by atoms with Gasteiger partial charge in [0.15, 0.2) is 0 Å². The third-order valence-corrected chi connectivity index (χ3v) is 2.27. The molecule has 0 spiro atoms. The van der Waals surface area contributed by atoms with Crippen LogP contribution in [-0.4, -0.2) is 44.5 Å². The molecule has 3 nitrogen and oxygen atoms in total. The molecule has 0 aliphatic heterocycles. The van der Waals surface area contributed by atoms with E-state index >= 15 is 0 Å². The van der Waals surface area contributed by atoms with Crippen molar-refractivity contribution in [2.45, 2.75) is 19.9 Å². The van der Waals surface area contributed by atoms with Gasteiger partial charge in [-0.2, -0.15) is 12.6 Å². The first kappa shape index (κ1) is 13.2. The van der Waals surface area contributed by atoms with Crippen LogP contribution in [0.2, 0.25) is 0 Å². The SMILES string of the molecule is CCNCCNCC(CS)NCC. The predicted octanol–water partition coefficient (Wildman–Crippen LogP) is 0.0934. The van der Waals surface area contributed by atoms with Crippen molar-refractivity contribution in [3.8, 4) is 0 Å².